The van der Waals surface area contributed by atoms with E-state index in [-0.39, 0.29) is 24.5 Å². The summed E-state index contributed by atoms with van der Waals surface area (Å²) >= 11 is 0. The lowest BCUT2D eigenvalue weighted by atomic mass is 9.91. The Morgan fingerprint density at radius 3 is 2.78 bits per heavy atom. The van der Waals surface area contributed by atoms with Gasteiger partial charge in [0.05, 0.1) is 44.0 Å². The molecule has 1 aromatic carbocycles. The van der Waals surface area contributed by atoms with Crippen LogP contribution in [0.4, 0.5) is 14.7 Å². The van der Waals surface area contributed by atoms with Crippen molar-refractivity contribution in [3.8, 4) is 17.0 Å². The maximum Gasteiger partial charge on any atom is 0.280 e. The SMILES string of the molecule is CCn1nnc2ccc(-c3ccn4nc(NC5CCN(C6(C)COC6)CC5(F)F)nc(OC)c34)cc21. The molecule has 0 saturated carbocycles. The molecule has 1 unspecified atom stereocenters. The van der Waals surface area contributed by atoms with Crippen LogP contribution >= 0.6 is 0 Å². The molecule has 2 fully saturated rings. The Kier molecular flexibility index (Phi) is 5.34. The van der Waals surface area contributed by atoms with Crippen LogP contribution in [0, 0.1) is 0 Å². The monoisotopic (exact) mass is 498 g/mol. The third-order valence-corrected chi connectivity index (χ3v) is 7.29. The Morgan fingerprint density at radius 1 is 1.25 bits per heavy atom. The molecule has 6 rings (SSSR count). The molecule has 2 saturated heterocycles. The van der Waals surface area contributed by atoms with Crippen LogP contribution in [0.5, 0.6) is 5.88 Å². The fourth-order valence-corrected chi connectivity index (χ4v) is 5.11. The highest BCUT2D eigenvalue weighted by atomic mass is 19.3. The lowest BCUT2D eigenvalue weighted by molar-refractivity contribution is -0.174. The summed E-state index contributed by atoms with van der Waals surface area (Å²) in [4.78, 5) is 6.28. The van der Waals surface area contributed by atoms with Crippen LogP contribution in [0.2, 0.25) is 0 Å². The van der Waals surface area contributed by atoms with Crippen LogP contribution in [0.25, 0.3) is 27.7 Å². The van der Waals surface area contributed by atoms with Gasteiger partial charge in [0.15, 0.2) is 0 Å². The zero-order chi connectivity index (χ0) is 25.1. The summed E-state index contributed by atoms with van der Waals surface area (Å²) in [6.45, 7) is 5.87. The van der Waals surface area contributed by atoms with Gasteiger partial charge in [-0.05, 0) is 44.0 Å². The van der Waals surface area contributed by atoms with Gasteiger partial charge in [0.1, 0.15) is 11.0 Å². The average molecular weight is 499 g/mol. The number of piperidine rings is 1. The number of ether oxygens (including phenoxy) is 2. The van der Waals surface area contributed by atoms with E-state index < -0.39 is 12.0 Å². The third-order valence-electron chi connectivity index (χ3n) is 7.29. The van der Waals surface area contributed by atoms with Gasteiger partial charge < -0.3 is 14.8 Å². The molecule has 3 aromatic heterocycles. The van der Waals surface area contributed by atoms with Crippen LogP contribution in [0.15, 0.2) is 30.5 Å². The minimum atomic E-state index is -2.95. The van der Waals surface area contributed by atoms with E-state index >= 15 is 8.78 Å². The van der Waals surface area contributed by atoms with E-state index in [4.69, 9.17) is 9.47 Å². The van der Waals surface area contributed by atoms with Crippen molar-refractivity contribution in [3.63, 3.8) is 0 Å². The maximum atomic E-state index is 15.1. The molecule has 0 radical (unpaired) electrons. The highest BCUT2D eigenvalue weighted by Crippen LogP contribution is 2.37. The first kappa shape index (κ1) is 23.0. The Morgan fingerprint density at radius 2 is 2.08 bits per heavy atom. The second-order valence-corrected chi connectivity index (χ2v) is 9.73. The summed E-state index contributed by atoms with van der Waals surface area (Å²) in [6.07, 6.45) is 2.04. The zero-order valence-electron chi connectivity index (χ0n) is 20.4. The summed E-state index contributed by atoms with van der Waals surface area (Å²) in [6, 6.07) is 6.72. The number of likely N-dealkylation sites (tertiary alicyclic amines) is 1. The third kappa shape index (κ3) is 3.66. The van der Waals surface area contributed by atoms with Crippen molar-refractivity contribution in [3.05, 3.63) is 30.5 Å². The van der Waals surface area contributed by atoms with Crippen LogP contribution < -0.4 is 10.1 Å². The first-order chi connectivity index (χ1) is 17.3. The zero-order valence-corrected chi connectivity index (χ0v) is 20.4. The van der Waals surface area contributed by atoms with Gasteiger partial charge in [-0.15, -0.1) is 10.2 Å². The molecule has 190 valence electrons. The topological polar surface area (TPSA) is 94.6 Å². The van der Waals surface area contributed by atoms with E-state index in [1.807, 2.05) is 47.7 Å². The molecule has 36 heavy (non-hydrogen) atoms. The van der Waals surface area contributed by atoms with Crippen molar-refractivity contribution in [1.82, 2.24) is 34.5 Å². The summed E-state index contributed by atoms with van der Waals surface area (Å²) in [5.41, 5.74) is 3.85. The number of benzene rings is 1. The highest BCUT2D eigenvalue weighted by molar-refractivity contribution is 5.89. The van der Waals surface area contributed by atoms with Crippen molar-refractivity contribution in [2.75, 3.05) is 38.7 Å². The molecule has 1 N–H and O–H groups in total. The second-order valence-electron chi connectivity index (χ2n) is 9.73. The Hall–Kier alpha value is -3.38. The summed E-state index contributed by atoms with van der Waals surface area (Å²) in [5, 5.41) is 15.7. The molecular formula is C24H28F2N8O2. The number of methoxy groups -OCH3 is 1. The Balaban J connectivity index is 1.30. The van der Waals surface area contributed by atoms with Gasteiger partial charge in [-0.3, -0.25) is 4.90 Å². The number of halogens is 2. The van der Waals surface area contributed by atoms with Crippen molar-refractivity contribution in [2.24, 2.45) is 0 Å². The minimum absolute atomic E-state index is 0.0986. The van der Waals surface area contributed by atoms with Crippen molar-refractivity contribution in [1.29, 1.82) is 0 Å². The molecule has 2 aliphatic heterocycles. The molecule has 0 bridgehead atoms. The van der Waals surface area contributed by atoms with Crippen molar-refractivity contribution >= 4 is 22.5 Å². The van der Waals surface area contributed by atoms with E-state index in [0.29, 0.717) is 37.7 Å². The summed E-state index contributed by atoms with van der Waals surface area (Å²) < 4.78 is 44.5. The molecule has 2 aliphatic rings. The molecular weight excluding hydrogens is 470 g/mol. The van der Waals surface area contributed by atoms with E-state index in [9.17, 15) is 0 Å². The molecule has 1 atom stereocenters. The largest absolute Gasteiger partial charge is 0.479 e. The van der Waals surface area contributed by atoms with Crippen molar-refractivity contribution in [2.45, 2.75) is 44.3 Å². The molecule has 5 heterocycles. The first-order valence-corrected chi connectivity index (χ1v) is 12.1. The fraction of sp³-hybridized carbons (Fsp3) is 0.500. The average Bonchev–Trinajstić information content (AvgIpc) is 3.46. The van der Waals surface area contributed by atoms with E-state index in [0.717, 1.165) is 22.2 Å². The van der Waals surface area contributed by atoms with Crippen LogP contribution in [0.1, 0.15) is 20.3 Å². The smallest absolute Gasteiger partial charge is 0.280 e. The van der Waals surface area contributed by atoms with Gasteiger partial charge in [-0.25, -0.2) is 18.0 Å². The number of anilines is 1. The normalized spacial score (nSPS) is 21.5. The highest BCUT2D eigenvalue weighted by Gasteiger charge is 2.51. The Labute approximate surface area is 206 Å². The van der Waals surface area contributed by atoms with E-state index in [1.54, 1.807) is 10.7 Å². The number of aromatic nitrogens is 6. The van der Waals surface area contributed by atoms with Crippen molar-refractivity contribution < 1.29 is 18.3 Å². The second kappa shape index (κ2) is 8.34. The molecule has 12 heteroatoms. The van der Waals surface area contributed by atoms with Gasteiger partial charge in [0, 0.05) is 24.8 Å². The number of fused-ring (bicyclic) bond motifs is 2. The van der Waals surface area contributed by atoms with Crippen LogP contribution in [-0.4, -0.2) is 85.4 Å². The molecule has 0 spiro atoms. The van der Waals surface area contributed by atoms with Gasteiger partial charge in [0.25, 0.3) is 5.92 Å². The summed E-state index contributed by atoms with van der Waals surface area (Å²) in [5.74, 6) is -2.55. The fourth-order valence-electron chi connectivity index (χ4n) is 5.11. The van der Waals surface area contributed by atoms with Crippen LogP contribution in [0.3, 0.4) is 0 Å². The van der Waals surface area contributed by atoms with Gasteiger partial charge in [0.2, 0.25) is 11.8 Å². The molecule has 0 aliphatic carbocycles. The van der Waals surface area contributed by atoms with Gasteiger partial charge >= 0.3 is 0 Å². The number of aryl methyl sites for hydroxylation is 1. The maximum absolute atomic E-state index is 15.1. The standard InChI is InChI=1S/C24H28F2N8O2/c1-4-33-18-11-15(5-6-17(18)29-31-33)16-7-10-34-20(16)21(35-3)28-22(30-34)27-19-8-9-32(12-24(19,25)26)23(2)13-36-14-23/h5-7,10-11,19H,4,8-9,12-14H2,1-3H3,(H,27,30). The Bertz CT molecular complexity index is 1430. The number of rotatable bonds is 6. The summed E-state index contributed by atoms with van der Waals surface area (Å²) in [7, 11) is 1.51. The predicted octanol–water partition coefficient (Wildman–Crippen LogP) is 3.08. The quantitative estimate of drug-likeness (QED) is 0.434. The number of nitrogens with one attached hydrogen (secondary N) is 1. The van der Waals surface area contributed by atoms with Gasteiger partial charge in [-0.1, -0.05) is 11.3 Å². The van der Waals surface area contributed by atoms with Gasteiger partial charge in [-0.2, -0.15) is 4.98 Å². The number of alkyl halides is 2. The van der Waals surface area contributed by atoms with Crippen LogP contribution in [-0.2, 0) is 11.3 Å². The number of hydrogen-bond acceptors (Lipinski definition) is 8. The minimum Gasteiger partial charge on any atom is -0.479 e. The molecule has 4 aromatic rings. The lowest BCUT2D eigenvalue weighted by Crippen LogP contribution is -2.67. The first-order valence-electron chi connectivity index (χ1n) is 12.1. The lowest BCUT2D eigenvalue weighted by Gasteiger charge is -2.51. The number of hydrogen-bond donors (Lipinski definition) is 1. The van der Waals surface area contributed by atoms with E-state index in [2.05, 4.69) is 25.7 Å². The predicted molar refractivity (Wildman–Crippen MR) is 130 cm³/mol. The molecule has 10 nitrogen and oxygen atoms in total. The number of nitrogens with zero attached hydrogens (tertiary/aromatic N) is 7. The molecule has 0 amide bonds. The van der Waals surface area contributed by atoms with E-state index in [1.165, 1.54) is 7.11 Å².